The molecule has 2 aromatic carbocycles. The van der Waals surface area contributed by atoms with Gasteiger partial charge in [0.05, 0.1) is 0 Å². The van der Waals surface area contributed by atoms with Crippen LogP contribution in [-0.2, 0) is 10.2 Å². The van der Waals surface area contributed by atoms with Crippen molar-refractivity contribution in [2.75, 3.05) is 25.0 Å². The maximum atomic E-state index is 14.1. The van der Waals surface area contributed by atoms with Crippen molar-refractivity contribution in [2.24, 2.45) is 4.99 Å². The number of anilines is 1. The molecular weight excluding hydrogens is 359 g/mol. The highest BCUT2D eigenvalue weighted by atomic mass is 19.1. The van der Waals surface area contributed by atoms with Gasteiger partial charge in [-0.05, 0) is 55.7 Å². The molecule has 1 saturated carbocycles. The third kappa shape index (κ3) is 5.00. The first-order chi connectivity index (χ1) is 13.5. The lowest BCUT2D eigenvalue weighted by Crippen LogP contribution is -2.42. The molecule has 0 heterocycles. The van der Waals surface area contributed by atoms with Gasteiger partial charge in [0.25, 0.3) is 0 Å². The predicted octanol–water partition coefficient (Wildman–Crippen LogP) is 2.76. The number of carbonyl (C=O) groups is 1. The number of amides is 1. The third-order valence-electron chi connectivity index (χ3n) is 4.77. The van der Waals surface area contributed by atoms with Crippen LogP contribution in [0.5, 0.6) is 5.75 Å². The van der Waals surface area contributed by atoms with Crippen LogP contribution in [0.3, 0.4) is 0 Å². The van der Waals surface area contributed by atoms with Crippen molar-refractivity contribution >= 4 is 17.6 Å². The Bertz CT molecular complexity index is 848. The van der Waals surface area contributed by atoms with Crippen LogP contribution in [0.15, 0.2) is 53.5 Å². The fraction of sp³-hybridized carbons (Fsp3) is 0.333. The lowest BCUT2D eigenvalue weighted by atomic mass is 9.95. The summed E-state index contributed by atoms with van der Waals surface area (Å²) in [7, 11) is 0. The molecule has 0 radical (unpaired) electrons. The smallest absolute Gasteiger partial charge is 0.246 e. The van der Waals surface area contributed by atoms with Gasteiger partial charge in [0.1, 0.15) is 18.1 Å². The number of benzene rings is 2. The van der Waals surface area contributed by atoms with Gasteiger partial charge in [-0.1, -0.05) is 18.2 Å². The Morgan fingerprint density at radius 2 is 1.86 bits per heavy atom. The summed E-state index contributed by atoms with van der Waals surface area (Å²) in [6.07, 6.45) is 1.84. The maximum absolute atomic E-state index is 14.1. The van der Waals surface area contributed by atoms with E-state index < -0.39 is 0 Å². The quantitative estimate of drug-likeness (QED) is 0.336. The molecule has 3 rings (SSSR count). The van der Waals surface area contributed by atoms with Gasteiger partial charge in [-0.2, -0.15) is 0 Å². The Morgan fingerprint density at radius 3 is 2.50 bits per heavy atom. The molecule has 148 valence electrons. The zero-order valence-corrected chi connectivity index (χ0v) is 15.8. The fourth-order valence-electron chi connectivity index (χ4n) is 3.07. The molecule has 6 nitrogen and oxygen atoms in total. The molecule has 4 N–H and O–H groups in total. The molecule has 1 aliphatic rings. The summed E-state index contributed by atoms with van der Waals surface area (Å²) in [5, 5.41) is 18.3. The number of aliphatic imine (C=N–C) groups is 1. The number of aromatic hydroxyl groups is 1. The Balaban J connectivity index is 1.58. The number of phenols is 1. The molecule has 2 aromatic rings. The Kier molecular flexibility index (Phi) is 6.13. The van der Waals surface area contributed by atoms with Crippen LogP contribution in [0, 0.1) is 5.82 Å². The highest BCUT2D eigenvalue weighted by Crippen LogP contribution is 2.48. The van der Waals surface area contributed by atoms with E-state index in [9.17, 15) is 14.3 Å². The number of halogens is 1. The second kappa shape index (κ2) is 8.73. The molecule has 1 fully saturated rings. The summed E-state index contributed by atoms with van der Waals surface area (Å²) >= 11 is 0. The largest absolute Gasteiger partial charge is 0.508 e. The number of nitrogens with one attached hydrogen (secondary N) is 3. The minimum atomic E-state index is -0.266. The first-order valence-electron chi connectivity index (χ1n) is 9.38. The number of carbonyl (C=O) groups excluding carboxylic acids is 1. The summed E-state index contributed by atoms with van der Waals surface area (Å²) in [4.78, 5) is 16.4. The molecule has 0 bridgehead atoms. The molecule has 0 aliphatic heterocycles. The SMILES string of the molecule is CCNC(=NCC(=O)Nc1ccc(O)cc1)NCC1(c2ccccc2F)CC1. The number of phenolic OH excluding ortho intramolecular Hbond substituents is 1. The van der Waals surface area contributed by atoms with E-state index in [1.54, 1.807) is 18.2 Å². The zero-order valence-electron chi connectivity index (χ0n) is 15.8. The van der Waals surface area contributed by atoms with E-state index in [-0.39, 0.29) is 29.4 Å². The van der Waals surface area contributed by atoms with Gasteiger partial charge in [0.2, 0.25) is 5.91 Å². The zero-order chi connectivity index (χ0) is 20.0. The summed E-state index contributed by atoms with van der Waals surface area (Å²) < 4.78 is 14.1. The second-order valence-corrected chi connectivity index (χ2v) is 6.90. The van der Waals surface area contributed by atoms with Gasteiger partial charge in [0.15, 0.2) is 5.96 Å². The van der Waals surface area contributed by atoms with Crippen LogP contribution in [0.25, 0.3) is 0 Å². The van der Waals surface area contributed by atoms with Crippen LogP contribution < -0.4 is 16.0 Å². The number of guanidine groups is 1. The number of rotatable bonds is 7. The highest BCUT2D eigenvalue weighted by Gasteiger charge is 2.45. The highest BCUT2D eigenvalue weighted by molar-refractivity contribution is 5.94. The van der Waals surface area contributed by atoms with Crippen LogP contribution in [-0.4, -0.2) is 36.6 Å². The summed E-state index contributed by atoms with van der Waals surface area (Å²) in [5.41, 5.74) is 1.10. The van der Waals surface area contributed by atoms with Crippen molar-refractivity contribution in [2.45, 2.75) is 25.2 Å². The lowest BCUT2D eigenvalue weighted by Gasteiger charge is -2.19. The summed E-state index contributed by atoms with van der Waals surface area (Å²) in [6.45, 7) is 3.10. The van der Waals surface area contributed by atoms with Gasteiger partial charge >= 0.3 is 0 Å². The van der Waals surface area contributed by atoms with Gasteiger partial charge in [0, 0.05) is 24.2 Å². The second-order valence-electron chi connectivity index (χ2n) is 6.90. The molecular formula is C21H25FN4O2. The van der Waals surface area contributed by atoms with E-state index >= 15 is 0 Å². The maximum Gasteiger partial charge on any atom is 0.246 e. The summed E-state index contributed by atoms with van der Waals surface area (Å²) in [6, 6.07) is 13.1. The standard InChI is InChI=1S/C21H25FN4O2/c1-2-23-20(24-13-19(28)26-15-7-9-16(27)10-8-15)25-14-21(11-12-21)17-5-3-4-6-18(17)22/h3-10,27H,2,11-14H2,1H3,(H,26,28)(H2,23,24,25). The molecule has 0 saturated heterocycles. The average molecular weight is 384 g/mol. The molecule has 28 heavy (non-hydrogen) atoms. The average Bonchev–Trinajstić information content (AvgIpc) is 3.47. The van der Waals surface area contributed by atoms with Crippen molar-refractivity contribution in [3.05, 3.63) is 59.9 Å². The normalized spacial score (nSPS) is 15.0. The molecule has 0 spiro atoms. The Hall–Kier alpha value is -3.09. The minimum Gasteiger partial charge on any atom is -0.508 e. The molecule has 0 unspecified atom stereocenters. The van der Waals surface area contributed by atoms with Crippen LogP contribution >= 0.6 is 0 Å². The first kappa shape index (κ1) is 19.7. The molecule has 7 heteroatoms. The van der Waals surface area contributed by atoms with Crippen molar-refractivity contribution in [1.82, 2.24) is 10.6 Å². The predicted molar refractivity (Wildman–Crippen MR) is 108 cm³/mol. The number of hydrogen-bond acceptors (Lipinski definition) is 3. The topological polar surface area (TPSA) is 85.8 Å². The Morgan fingerprint density at radius 1 is 1.14 bits per heavy atom. The van der Waals surface area contributed by atoms with Crippen LogP contribution in [0.2, 0.25) is 0 Å². The van der Waals surface area contributed by atoms with Crippen molar-refractivity contribution < 1.29 is 14.3 Å². The van der Waals surface area contributed by atoms with E-state index in [1.165, 1.54) is 18.2 Å². The fourth-order valence-corrected chi connectivity index (χ4v) is 3.07. The summed E-state index contributed by atoms with van der Waals surface area (Å²) in [5.74, 6) is 0.208. The van der Waals surface area contributed by atoms with Gasteiger partial charge in [-0.25, -0.2) is 9.38 Å². The van der Waals surface area contributed by atoms with E-state index in [1.807, 2.05) is 19.1 Å². The number of hydrogen-bond donors (Lipinski definition) is 4. The molecule has 0 atom stereocenters. The van der Waals surface area contributed by atoms with Crippen LogP contribution in [0.4, 0.5) is 10.1 Å². The van der Waals surface area contributed by atoms with E-state index in [2.05, 4.69) is 20.9 Å². The van der Waals surface area contributed by atoms with Gasteiger partial charge < -0.3 is 21.1 Å². The molecule has 1 amide bonds. The monoisotopic (exact) mass is 384 g/mol. The van der Waals surface area contributed by atoms with E-state index in [0.29, 0.717) is 24.7 Å². The van der Waals surface area contributed by atoms with E-state index in [0.717, 1.165) is 18.4 Å². The van der Waals surface area contributed by atoms with Crippen molar-refractivity contribution in [3.63, 3.8) is 0 Å². The van der Waals surface area contributed by atoms with Gasteiger partial charge in [-0.3, -0.25) is 4.79 Å². The van der Waals surface area contributed by atoms with Crippen molar-refractivity contribution in [1.29, 1.82) is 0 Å². The minimum absolute atomic E-state index is 0.0527. The number of nitrogens with zero attached hydrogens (tertiary/aromatic N) is 1. The van der Waals surface area contributed by atoms with Gasteiger partial charge in [-0.15, -0.1) is 0 Å². The van der Waals surface area contributed by atoms with E-state index in [4.69, 9.17) is 0 Å². The van der Waals surface area contributed by atoms with Crippen molar-refractivity contribution in [3.8, 4) is 5.75 Å². The molecule has 1 aliphatic carbocycles. The molecule has 0 aromatic heterocycles. The lowest BCUT2D eigenvalue weighted by molar-refractivity contribution is -0.114. The first-order valence-corrected chi connectivity index (χ1v) is 9.38. The third-order valence-corrected chi connectivity index (χ3v) is 4.77. The Labute approximate surface area is 163 Å². The van der Waals surface area contributed by atoms with Crippen LogP contribution in [0.1, 0.15) is 25.3 Å².